The lowest BCUT2D eigenvalue weighted by molar-refractivity contribution is 0.0506. The van der Waals surface area contributed by atoms with Gasteiger partial charge in [-0.15, -0.1) is 11.3 Å². The molecule has 8 nitrogen and oxygen atoms in total. The highest BCUT2D eigenvalue weighted by atomic mass is 35.5. The number of esters is 1. The predicted octanol–water partition coefficient (Wildman–Crippen LogP) is 5.54. The lowest BCUT2D eigenvalue weighted by atomic mass is 10.1. The number of benzene rings is 1. The van der Waals surface area contributed by atoms with Crippen molar-refractivity contribution >= 4 is 45.7 Å². The third-order valence-electron chi connectivity index (χ3n) is 4.76. The third kappa shape index (κ3) is 6.20. The Morgan fingerprint density at radius 1 is 1.20 bits per heavy atom. The molecule has 2 heterocycles. The molecular formula is C24H24ClFN2O6S. The number of halogens is 2. The van der Waals surface area contributed by atoms with Crippen LogP contribution in [0.4, 0.5) is 9.39 Å². The fourth-order valence-corrected chi connectivity index (χ4v) is 4.44. The summed E-state index contributed by atoms with van der Waals surface area (Å²) in [6.07, 6.45) is 0.625. The first kappa shape index (κ1) is 26.2. The van der Waals surface area contributed by atoms with Crippen molar-refractivity contribution in [3.63, 3.8) is 0 Å². The van der Waals surface area contributed by atoms with Gasteiger partial charge in [0, 0.05) is 14.1 Å². The molecule has 0 fully saturated rings. The molecule has 0 aliphatic heterocycles. The number of amides is 2. The average molecular weight is 523 g/mol. The van der Waals surface area contributed by atoms with Crippen LogP contribution in [0.5, 0.6) is 5.75 Å². The summed E-state index contributed by atoms with van der Waals surface area (Å²) in [6, 6.07) is 6.72. The molecule has 1 N–H and O–H groups in total. The third-order valence-corrected chi connectivity index (χ3v) is 6.26. The first-order chi connectivity index (χ1) is 16.6. The number of rotatable bonds is 9. The molecule has 35 heavy (non-hydrogen) atoms. The number of anilines is 1. The molecule has 0 aliphatic carbocycles. The predicted molar refractivity (Wildman–Crippen MR) is 130 cm³/mol. The smallest absolute Gasteiger partial charge is 0.341 e. The number of furan rings is 1. The topological polar surface area (TPSA) is 98.1 Å². The van der Waals surface area contributed by atoms with Gasteiger partial charge in [-0.2, -0.15) is 0 Å². The molecule has 186 valence electrons. The van der Waals surface area contributed by atoms with Crippen molar-refractivity contribution in [1.29, 1.82) is 0 Å². The van der Waals surface area contributed by atoms with Crippen LogP contribution in [0.2, 0.25) is 5.02 Å². The molecule has 3 aromatic rings. The van der Waals surface area contributed by atoms with E-state index in [-0.39, 0.29) is 46.2 Å². The molecule has 1 aromatic carbocycles. The number of ether oxygens (including phenoxy) is 2. The van der Waals surface area contributed by atoms with Crippen LogP contribution < -0.4 is 10.1 Å². The highest BCUT2D eigenvalue weighted by Crippen LogP contribution is 2.35. The van der Waals surface area contributed by atoms with Gasteiger partial charge in [0.1, 0.15) is 28.9 Å². The molecule has 0 saturated carbocycles. The second-order valence-electron chi connectivity index (χ2n) is 7.68. The van der Waals surface area contributed by atoms with Gasteiger partial charge in [0.15, 0.2) is 5.76 Å². The van der Waals surface area contributed by atoms with Gasteiger partial charge >= 0.3 is 5.97 Å². The number of carbonyl (C=O) groups is 3. The largest absolute Gasteiger partial charge is 0.484 e. The van der Waals surface area contributed by atoms with Gasteiger partial charge in [-0.1, -0.05) is 18.5 Å². The zero-order chi connectivity index (χ0) is 25.7. The normalized spacial score (nSPS) is 10.7. The van der Waals surface area contributed by atoms with Crippen molar-refractivity contribution < 1.29 is 32.7 Å². The molecule has 0 bridgehead atoms. The quantitative estimate of drug-likeness (QED) is 0.370. The standard InChI is InChI=1S/C24H24ClFN2O6S/c1-5-10-32-24(31)19-13(2)20(23(30)28(3)4)35-22(19)27-21(29)18-9-7-15(34-18)12-33-17-8-6-14(26)11-16(17)25/h6-9,11H,5,10,12H2,1-4H3,(H,27,29). The van der Waals surface area contributed by atoms with Crippen molar-refractivity contribution in [3.8, 4) is 5.75 Å². The number of hydrogen-bond acceptors (Lipinski definition) is 7. The van der Waals surface area contributed by atoms with Gasteiger partial charge < -0.3 is 24.1 Å². The van der Waals surface area contributed by atoms with E-state index in [1.165, 1.54) is 23.1 Å². The minimum atomic E-state index is -0.626. The maximum atomic E-state index is 13.2. The van der Waals surface area contributed by atoms with Crippen molar-refractivity contribution in [1.82, 2.24) is 4.90 Å². The Balaban J connectivity index is 1.78. The summed E-state index contributed by atoms with van der Waals surface area (Å²) in [4.78, 5) is 39.8. The highest BCUT2D eigenvalue weighted by Gasteiger charge is 2.28. The number of thiophene rings is 1. The van der Waals surface area contributed by atoms with Crippen LogP contribution in [0, 0.1) is 12.7 Å². The van der Waals surface area contributed by atoms with Gasteiger partial charge in [0.25, 0.3) is 11.8 Å². The van der Waals surface area contributed by atoms with Crippen molar-refractivity contribution in [2.24, 2.45) is 0 Å². The number of hydrogen-bond donors (Lipinski definition) is 1. The molecule has 0 spiro atoms. The molecule has 2 aromatic heterocycles. The van der Waals surface area contributed by atoms with Gasteiger partial charge in [-0.05, 0) is 49.2 Å². The molecule has 0 atom stereocenters. The summed E-state index contributed by atoms with van der Waals surface area (Å²) in [5.74, 6) is -1.48. The summed E-state index contributed by atoms with van der Waals surface area (Å²) in [6.45, 7) is 3.65. The average Bonchev–Trinajstić information content (AvgIpc) is 3.41. The van der Waals surface area contributed by atoms with Crippen LogP contribution >= 0.6 is 22.9 Å². The second kappa shape index (κ2) is 11.4. The first-order valence-corrected chi connectivity index (χ1v) is 11.8. The molecule has 2 amide bonds. The molecular weight excluding hydrogens is 499 g/mol. The zero-order valence-corrected chi connectivity index (χ0v) is 21.1. The number of carbonyl (C=O) groups excluding carboxylic acids is 3. The van der Waals surface area contributed by atoms with E-state index >= 15 is 0 Å². The van der Waals surface area contributed by atoms with Crippen LogP contribution in [0.25, 0.3) is 0 Å². The van der Waals surface area contributed by atoms with Crippen molar-refractivity contribution in [2.45, 2.75) is 26.9 Å². The number of nitrogens with zero attached hydrogens (tertiary/aromatic N) is 1. The molecule has 0 unspecified atom stereocenters. The Hall–Kier alpha value is -3.37. The van der Waals surface area contributed by atoms with Crippen LogP contribution in [0.3, 0.4) is 0 Å². The molecule has 0 radical (unpaired) electrons. The minimum absolute atomic E-state index is 0.0341. The van der Waals surface area contributed by atoms with E-state index in [1.807, 2.05) is 6.92 Å². The maximum absolute atomic E-state index is 13.2. The van der Waals surface area contributed by atoms with E-state index in [0.29, 0.717) is 22.6 Å². The fourth-order valence-electron chi connectivity index (χ4n) is 3.00. The monoisotopic (exact) mass is 522 g/mol. The van der Waals surface area contributed by atoms with E-state index in [1.54, 1.807) is 27.1 Å². The fraction of sp³-hybridized carbons (Fsp3) is 0.292. The van der Waals surface area contributed by atoms with E-state index in [0.717, 1.165) is 17.4 Å². The van der Waals surface area contributed by atoms with E-state index in [4.69, 9.17) is 25.5 Å². The second-order valence-corrected chi connectivity index (χ2v) is 9.11. The summed E-state index contributed by atoms with van der Waals surface area (Å²) in [7, 11) is 3.20. The van der Waals surface area contributed by atoms with Gasteiger partial charge in [0.2, 0.25) is 0 Å². The summed E-state index contributed by atoms with van der Waals surface area (Å²) >= 11 is 6.94. The SMILES string of the molecule is CCCOC(=O)c1c(NC(=O)c2ccc(COc3ccc(F)cc3Cl)o2)sc(C(=O)N(C)C)c1C. The van der Waals surface area contributed by atoms with Gasteiger partial charge in [0.05, 0.1) is 22.1 Å². The van der Waals surface area contributed by atoms with Crippen LogP contribution in [0.1, 0.15) is 55.3 Å². The molecule has 3 rings (SSSR count). The van der Waals surface area contributed by atoms with E-state index in [9.17, 15) is 18.8 Å². The maximum Gasteiger partial charge on any atom is 0.341 e. The molecule has 0 saturated heterocycles. The summed E-state index contributed by atoms with van der Waals surface area (Å²) in [5.41, 5.74) is 0.554. The first-order valence-electron chi connectivity index (χ1n) is 10.6. The lowest BCUT2D eigenvalue weighted by Gasteiger charge is -2.09. The summed E-state index contributed by atoms with van der Waals surface area (Å²) < 4.78 is 29.5. The van der Waals surface area contributed by atoms with E-state index < -0.39 is 17.7 Å². The Morgan fingerprint density at radius 3 is 2.60 bits per heavy atom. The Bertz CT molecular complexity index is 1250. The minimum Gasteiger partial charge on any atom is -0.484 e. The Kier molecular flexibility index (Phi) is 8.52. The molecule has 0 aliphatic rings. The Labute approximate surface area is 210 Å². The van der Waals surface area contributed by atoms with Crippen molar-refractivity contribution in [2.75, 3.05) is 26.0 Å². The number of nitrogens with one attached hydrogen (secondary N) is 1. The molecule has 11 heteroatoms. The van der Waals surface area contributed by atoms with Crippen LogP contribution in [0.15, 0.2) is 34.7 Å². The summed E-state index contributed by atoms with van der Waals surface area (Å²) in [5, 5.41) is 2.94. The zero-order valence-electron chi connectivity index (χ0n) is 19.6. The van der Waals surface area contributed by atoms with Crippen LogP contribution in [-0.4, -0.2) is 43.4 Å². The van der Waals surface area contributed by atoms with E-state index in [2.05, 4.69) is 5.32 Å². The van der Waals surface area contributed by atoms with Crippen LogP contribution in [-0.2, 0) is 11.3 Å². The van der Waals surface area contributed by atoms with Crippen molar-refractivity contribution in [3.05, 3.63) is 68.7 Å². The Morgan fingerprint density at radius 2 is 1.94 bits per heavy atom. The highest BCUT2D eigenvalue weighted by molar-refractivity contribution is 7.18. The van der Waals surface area contributed by atoms with Gasteiger partial charge in [-0.25, -0.2) is 9.18 Å². The van der Waals surface area contributed by atoms with Gasteiger partial charge in [-0.3, -0.25) is 9.59 Å². The lowest BCUT2D eigenvalue weighted by Crippen LogP contribution is -2.21.